The van der Waals surface area contributed by atoms with E-state index < -0.39 is 0 Å². The SMILES string of the molecule is N#CC1=NNc2ccccc2OCCOCCOCCOc2ccccc2N=N1. The van der Waals surface area contributed by atoms with Gasteiger partial charge in [-0.3, -0.25) is 5.43 Å². The van der Waals surface area contributed by atoms with Crippen molar-refractivity contribution in [1.82, 2.24) is 0 Å². The average Bonchev–Trinajstić information content (AvgIpc) is 2.76. The van der Waals surface area contributed by atoms with Crippen molar-refractivity contribution in [3.63, 3.8) is 0 Å². The smallest absolute Gasteiger partial charge is 0.270 e. The zero-order valence-electron chi connectivity index (χ0n) is 15.8. The first kappa shape index (κ1) is 20.3. The second-order valence-corrected chi connectivity index (χ2v) is 5.74. The molecular weight excluding hydrogens is 374 g/mol. The van der Waals surface area contributed by atoms with Crippen LogP contribution >= 0.6 is 0 Å². The summed E-state index contributed by atoms with van der Waals surface area (Å²) < 4.78 is 22.4. The van der Waals surface area contributed by atoms with E-state index in [2.05, 4.69) is 20.8 Å². The van der Waals surface area contributed by atoms with Crippen molar-refractivity contribution in [3.8, 4) is 17.6 Å². The molecule has 0 bridgehead atoms. The molecule has 2 aromatic carbocycles. The number of hydrazone groups is 1. The molecule has 9 nitrogen and oxygen atoms in total. The normalized spacial score (nSPS) is 16.0. The number of nitrogens with zero attached hydrogens (tertiary/aromatic N) is 4. The van der Waals surface area contributed by atoms with E-state index in [4.69, 9.17) is 18.9 Å². The van der Waals surface area contributed by atoms with Gasteiger partial charge in [-0.2, -0.15) is 5.26 Å². The number of hydrogen-bond acceptors (Lipinski definition) is 9. The molecule has 0 amide bonds. The van der Waals surface area contributed by atoms with Gasteiger partial charge in [0.1, 0.15) is 36.5 Å². The summed E-state index contributed by atoms with van der Waals surface area (Å²) in [7, 11) is 0. The predicted octanol–water partition coefficient (Wildman–Crippen LogP) is 3.52. The summed E-state index contributed by atoms with van der Waals surface area (Å²) in [6, 6.07) is 16.3. The zero-order chi connectivity index (χ0) is 20.2. The lowest BCUT2D eigenvalue weighted by Gasteiger charge is -2.11. The Morgan fingerprint density at radius 3 is 2.14 bits per heavy atom. The predicted molar refractivity (Wildman–Crippen MR) is 107 cm³/mol. The summed E-state index contributed by atoms with van der Waals surface area (Å²) in [6.07, 6.45) is 0. The van der Waals surface area contributed by atoms with E-state index in [1.165, 1.54) is 0 Å². The van der Waals surface area contributed by atoms with Gasteiger partial charge in [-0.1, -0.05) is 24.3 Å². The maximum Gasteiger partial charge on any atom is 0.270 e. The number of rotatable bonds is 0. The Balaban J connectivity index is 1.80. The molecule has 0 atom stereocenters. The van der Waals surface area contributed by atoms with Crippen LogP contribution in [0.4, 0.5) is 11.4 Å². The van der Waals surface area contributed by atoms with Crippen molar-refractivity contribution < 1.29 is 18.9 Å². The molecule has 9 heteroatoms. The van der Waals surface area contributed by atoms with E-state index in [1.54, 1.807) is 30.3 Å². The van der Waals surface area contributed by atoms with Gasteiger partial charge >= 0.3 is 0 Å². The van der Waals surface area contributed by atoms with Gasteiger partial charge in [-0.05, 0) is 24.3 Å². The van der Waals surface area contributed by atoms with Crippen LogP contribution in [0.5, 0.6) is 11.5 Å². The largest absolute Gasteiger partial charge is 0.489 e. The quantitative estimate of drug-likeness (QED) is 0.731. The molecule has 3 rings (SSSR count). The average molecular weight is 395 g/mol. The van der Waals surface area contributed by atoms with E-state index in [1.807, 2.05) is 24.3 Å². The third-order valence-corrected chi connectivity index (χ3v) is 3.73. The van der Waals surface area contributed by atoms with Crippen LogP contribution in [-0.2, 0) is 9.47 Å². The lowest BCUT2D eigenvalue weighted by molar-refractivity contribution is 0.0275. The molecule has 0 fully saturated rings. The molecule has 0 saturated carbocycles. The van der Waals surface area contributed by atoms with E-state index in [9.17, 15) is 5.26 Å². The first-order chi connectivity index (χ1) is 14.4. The summed E-state index contributed by atoms with van der Waals surface area (Å²) in [4.78, 5) is 0. The first-order valence-corrected chi connectivity index (χ1v) is 9.11. The third kappa shape index (κ3) is 6.57. The number of azo groups is 1. The molecule has 2 aromatic rings. The second kappa shape index (κ2) is 11.4. The fourth-order valence-electron chi connectivity index (χ4n) is 2.37. The third-order valence-electron chi connectivity index (χ3n) is 3.73. The fourth-order valence-corrected chi connectivity index (χ4v) is 2.37. The zero-order valence-corrected chi connectivity index (χ0v) is 15.8. The topological polar surface area (TPSA) is 110 Å². The van der Waals surface area contributed by atoms with E-state index in [0.717, 1.165) is 0 Å². The van der Waals surface area contributed by atoms with Gasteiger partial charge in [0.25, 0.3) is 5.84 Å². The van der Waals surface area contributed by atoms with E-state index in [0.29, 0.717) is 62.5 Å². The van der Waals surface area contributed by atoms with Gasteiger partial charge in [-0.25, -0.2) is 0 Å². The van der Waals surface area contributed by atoms with Crippen LogP contribution < -0.4 is 14.9 Å². The van der Waals surface area contributed by atoms with Crippen molar-refractivity contribution in [2.45, 2.75) is 0 Å². The highest BCUT2D eigenvalue weighted by molar-refractivity contribution is 5.97. The van der Waals surface area contributed by atoms with Gasteiger partial charge in [-0.15, -0.1) is 15.3 Å². The Hall–Kier alpha value is -3.48. The Bertz CT molecular complexity index is 894. The Morgan fingerprint density at radius 2 is 1.38 bits per heavy atom. The number of ether oxygens (including phenoxy) is 4. The molecular formula is C20H21N5O4. The molecule has 0 saturated heterocycles. The number of nitriles is 1. The van der Waals surface area contributed by atoms with Crippen LogP contribution in [0.1, 0.15) is 0 Å². The minimum atomic E-state index is -0.140. The Labute approximate surface area is 168 Å². The molecule has 0 aliphatic carbocycles. The molecule has 1 aliphatic heterocycles. The summed E-state index contributed by atoms with van der Waals surface area (Å²) in [5.74, 6) is 0.985. The van der Waals surface area contributed by atoms with Crippen molar-refractivity contribution in [2.75, 3.05) is 45.1 Å². The maximum atomic E-state index is 9.30. The number of para-hydroxylation sites is 3. The summed E-state index contributed by atoms with van der Waals surface area (Å²) in [6.45, 7) is 2.47. The van der Waals surface area contributed by atoms with Gasteiger partial charge < -0.3 is 18.9 Å². The molecule has 1 heterocycles. The monoisotopic (exact) mass is 395 g/mol. The molecule has 0 radical (unpaired) electrons. The molecule has 29 heavy (non-hydrogen) atoms. The molecule has 1 N–H and O–H groups in total. The first-order valence-electron chi connectivity index (χ1n) is 9.11. The van der Waals surface area contributed by atoms with Crippen LogP contribution in [0.2, 0.25) is 0 Å². The Morgan fingerprint density at radius 1 is 0.759 bits per heavy atom. The number of benzene rings is 2. The van der Waals surface area contributed by atoms with Gasteiger partial charge in [0.2, 0.25) is 0 Å². The highest BCUT2D eigenvalue weighted by atomic mass is 16.6. The minimum absolute atomic E-state index is 0.140. The number of amidine groups is 1. The van der Waals surface area contributed by atoms with Crippen molar-refractivity contribution in [1.29, 1.82) is 5.26 Å². The van der Waals surface area contributed by atoms with Crippen LogP contribution in [0.3, 0.4) is 0 Å². The van der Waals surface area contributed by atoms with E-state index >= 15 is 0 Å². The number of nitrogens with one attached hydrogen (secondary N) is 1. The highest BCUT2D eigenvalue weighted by Gasteiger charge is 2.05. The van der Waals surface area contributed by atoms with Gasteiger partial charge in [0.15, 0.2) is 0 Å². The highest BCUT2D eigenvalue weighted by Crippen LogP contribution is 2.27. The van der Waals surface area contributed by atoms with E-state index in [-0.39, 0.29) is 5.84 Å². The number of anilines is 1. The number of fused-ring (bicyclic) bond motifs is 2. The molecule has 0 spiro atoms. The summed E-state index contributed by atoms with van der Waals surface area (Å²) in [5, 5.41) is 21.3. The van der Waals surface area contributed by atoms with Gasteiger partial charge in [0, 0.05) is 0 Å². The van der Waals surface area contributed by atoms with Gasteiger partial charge in [0.05, 0.1) is 32.1 Å². The minimum Gasteiger partial charge on any atom is -0.489 e. The summed E-state index contributed by atoms with van der Waals surface area (Å²) >= 11 is 0. The lowest BCUT2D eigenvalue weighted by Crippen LogP contribution is -2.13. The lowest BCUT2D eigenvalue weighted by atomic mass is 10.3. The molecule has 1 aliphatic rings. The standard InChI is InChI=1S/C20H21N5O4/c21-15-20-24-22-16-5-1-3-7-18(16)28-13-11-26-9-10-27-12-14-29-19-8-4-2-6-17(19)23-25-20/h1-8,22H,9-14H2. The van der Waals surface area contributed by atoms with Crippen LogP contribution in [0, 0.1) is 11.3 Å². The maximum absolute atomic E-state index is 9.30. The molecule has 0 unspecified atom stereocenters. The Kier molecular flexibility index (Phi) is 7.95. The van der Waals surface area contributed by atoms with Crippen LogP contribution in [0.25, 0.3) is 0 Å². The molecule has 0 aromatic heterocycles. The summed E-state index contributed by atoms with van der Waals surface area (Å²) in [5.41, 5.74) is 3.88. The second-order valence-electron chi connectivity index (χ2n) is 5.74. The van der Waals surface area contributed by atoms with Crippen molar-refractivity contribution in [3.05, 3.63) is 48.5 Å². The fraction of sp³-hybridized carbons (Fsp3) is 0.300. The van der Waals surface area contributed by atoms with Crippen molar-refractivity contribution >= 4 is 17.2 Å². The molecule has 150 valence electrons. The number of hydrogen-bond donors (Lipinski definition) is 1. The van der Waals surface area contributed by atoms with Crippen molar-refractivity contribution in [2.24, 2.45) is 15.3 Å². The van der Waals surface area contributed by atoms with Crippen LogP contribution in [0.15, 0.2) is 63.9 Å². The van der Waals surface area contributed by atoms with Crippen LogP contribution in [-0.4, -0.2) is 45.5 Å².